The van der Waals surface area contributed by atoms with Crippen LogP contribution in [0.3, 0.4) is 0 Å². The van der Waals surface area contributed by atoms with Crippen LogP contribution in [0.5, 0.6) is 0 Å². The summed E-state index contributed by atoms with van der Waals surface area (Å²) in [5.41, 5.74) is 11.9. The molecule has 0 bridgehead atoms. The molecule has 1 aromatic rings. The minimum atomic E-state index is -1.20. The second-order valence-electron chi connectivity index (χ2n) is 6.54. The zero-order chi connectivity index (χ0) is 18.9. The topological polar surface area (TPSA) is 155 Å². The van der Waals surface area contributed by atoms with Crippen molar-refractivity contribution in [2.24, 2.45) is 21.5 Å². The van der Waals surface area contributed by atoms with Crippen molar-refractivity contribution in [3.8, 4) is 0 Å². The van der Waals surface area contributed by atoms with E-state index in [2.05, 4.69) is 9.98 Å². The van der Waals surface area contributed by atoms with E-state index < -0.39 is 17.6 Å². The van der Waals surface area contributed by atoms with Gasteiger partial charge in [0.05, 0.1) is 12.0 Å². The Kier molecular flexibility index (Phi) is 4.54. The van der Waals surface area contributed by atoms with Gasteiger partial charge in [-0.1, -0.05) is 12.5 Å². The Morgan fingerprint density at radius 2 is 1.85 bits per heavy atom. The maximum Gasteiger partial charge on any atom is 0.336 e. The SMILES string of the molecule is NC1=NC2(CCCCC2)N(c2ccc(CC(=O)O)c(C(=O)O)c2)C(N)=N1. The number of guanidine groups is 2. The minimum absolute atomic E-state index is 0.0776. The zero-order valence-electron chi connectivity index (χ0n) is 14.2. The number of hydrogen-bond acceptors (Lipinski definition) is 7. The second kappa shape index (κ2) is 6.66. The van der Waals surface area contributed by atoms with Gasteiger partial charge < -0.3 is 21.7 Å². The number of nitrogens with zero attached hydrogens (tertiary/aromatic N) is 3. The molecule has 138 valence electrons. The summed E-state index contributed by atoms with van der Waals surface area (Å²) < 4.78 is 0. The molecule has 1 aliphatic heterocycles. The smallest absolute Gasteiger partial charge is 0.336 e. The summed E-state index contributed by atoms with van der Waals surface area (Å²) in [7, 11) is 0. The average molecular weight is 359 g/mol. The fraction of sp³-hybridized carbons (Fsp3) is 0.412. The first kappa shape index (κ1) is 17.7. The number of aliphatic imine (C=N–C) groups is 2. The van der Waals surface area contributed by atoms with Crippen molar-refractivity contribution >= 4 is 29.5 Å². The highest BCUT2D eigenvalue weighted by Crippen LogP contribution is 2.39. The van der Waals surface area contributed by atoms with Gasteiger partial charge >= 0.3 is 11.9 Å². The number of benzene rings is 1. The van der Waals surface area contributed by atoms with Crippen molar-refractivity contribution < 1.29 is 19.8 Å². The van der Waals surface area contributed by atoms with Gasteiger partial charge in [0, 0.05) is 5.69 Å². The van der Waals surface area contributed by atoms with Crippen molar-refractivity contribution in [1.82, 2.24) is 0 Å². The molecule has 0 radical (unpaired) electrons. The Labute approximate surface area is 150 Å². The van der Waals surface area contributed by atoms with Crippen LogP contribution in [-0.4, -0.2) is 39.7 Å². The summed E-state index contributed by atoms with van der Waals surface area (Å²) in [5, 5.41) is 18.5. The molecule has 9 nitrogen and oxygen atoms in total. The van der Waals surface area contributed by atoms with Crippen LogP contribution in [0.4, 0.5) is 5.69 Å². The standard InChI is InChI=1S/C17H21N5O4/c18-15-20-16(19)22(17(21-15)6-2-1-3-7-17)11-5-4-10(8-13(23)24)12(9-11)14(25)26/h4-5,9H,1-3,6-8H2,(H,23,24)(H,25,26)(H4,18,19,20,21). The third kappa shape index (κ3) is 3.19. The Balaban J connectivity index is 2.08. The minimum Gasteiger partial charge on any atom is -0.481 e. The predicted octanol–water partition coefficient (Wildman–Crippen LogP) is 1.12. The first-order valence-corrected chi connectivity index (χ1v) is 8.40. The van der Waals surface area contributed by atoms with E-state index >= 15 is 0 Å². The van der Waals surface area contributed by atoms with Crippen LogP contribution < -0.4 is 16.4 Å². The molecule has 9 heteroatoms. The summed E-state index contributed by atoms with van der Waals surface area (Å²) >= 11 is 0. The molecular weight excluding hydrogens is 338 g/mol. The molecule has 0 amide bonds. The molecule has 1 aliphatic carbocycles. The number of carbonyl (C=O) groups is 2. The molecule has 0 aromatic heterocycles. The Bertz CT molecular complexity index is 811. The molecular formula is C17H21N5O4. The summed E-state index contributed by atoms with van der Waals surface area (Å²) in [5.74, 6) is -2.03. The van der Waals surface area contributed by atoms with Crippen molar-refractivity contribution in [3.05, 3.63) is 29.3 Å². The maximum atomic E-state index is 11.6. The lowest BCUT2D eigenvalue weighted by Crippen LogP contribution is -2.58. The van der Waals surface area contributed by atoms with E-state index in [-0.39, 0.29) is 29.5 Å². The summed E-state index contributed by atoms with van der Waals surface area (Å²) in [6.45, 7) is 0. The summed E-state index contributed by atoms with van der Waals surface area (Å²) in [6.07, 6.45) is 4.06. The molecule has 1 fully saturated rings. The highest BCUT2D eigenvalue weighted by atomic mass is 16.4. The summed E-state index contributed by atoms with van der Waals surface area (Å²) in [4.78, 5) is 32.9. The fourth-order valence-electron chi connectivity index (χ4n) is 3.71. The quantitative estimate of drug-likeness (QED) is 0.628. The van der Waals surface area contributed by atoms with Crippen LogP contribution in [0.15, 0.2) is 28.2 Å². The number of carboxylic acid groups (broad SMARTS) is 2. The van der Waals surface area contributed by atoms with Crippen LogP contribution in [0.25, 0.3) is 0 Å². The largest absolute Gasteiger partial charge is 0.481 e. The number of carboxylic acids is 2. The highest BCUT2D eigenvalue weighted by molar-refractivity contribution is 6.06. The van der Waals surface area contributed by atoms with Crippen LogP contribution in [0.1, 0.15) is 48.0 Å². The van der Waals surface area contributed by atoms with E-state index in [0.29, 0.717) is 5.69 Å². The Morgan fingerprint density at radius 1 is 1.15 bits per heavy atom. The van der Waals surface area contributed by atoms with Crippen LogP contribution in [-0.2, 0) is 11.2 Å². The first-order valence-electron chi connectivity index (χ1n) is 8.40. The number of nitrogens with two attached hydrogens (primary N) is 2. The lowest BCUT2D eigenvalue weighted by molar-refractivity contribution is -0.136. The molecule has 26 heavy (non-hydrogen) atoms. The van der Waals surface area contributed by atoms with Gasteiger partial charge in [-0.05, 0) is 43.4 Å². The highest BCUT2D eigenvalue weighted by Gasteiger charge is 2.42. The molecule has 2 aliphatic rings. The fourth-order valence-corrected chi connectivity index (χ4v) is 3.71. The first-order chi connectivity index (χ1) is 12.3. The lowest BCUT2D eigenvalue weighted by Gasteiger charge is -2.45. The van der Waals surface area contributed by atoms with Gasteiger partial charge in [-0.15, -0.1) is 0 Å². The maximum absolute atomic E-state index is 11.6. The number of hydrogen-bond donors (Lipinski definition) is 4. The molecule has 0 saturated heterocycles. The molecule has 1 aromatic carbocycles. The van der Waals surface area contributed by atoms with Crippen LogP contribution >= 0.6 is 0 Å². The van der Waals surface area contributed by atoms with E-state index in [1.165, 1.54) is 12.1 Å². The van der Waals surface area contributed by atoms with Crippen molar-refractivity contribution in [2.75, 3.05) is 4.90 Å². The van der Waals surface area contributed by atoms with E-state index in [1.54, 1.807) is 11.0 Å². The molecule has 3 rings (SSSR count). The van der Waals surface area contributed by atoms with E-state index in [1.807, 2.05) is 0 Å². The van der Waals surface area contributed by atoms with Gasteiger partial charge in [0.2, 0.25) is 11.9 Å². The second-order valence-corrected chi connectivity index (χ2v) is 6.54. The predicted molar refractivity (Wildman–Crippen MR) is 96.3 cm³/mol. The summed E-state index contributed by atoms with van der Waals surface area (Å²) in [6, 6.07) is 4.58. The van der Waals surface area contributed by atoms with Gasteiger partial charge in [-0.3, -0.25) is 9.69 Å². The Morgan fingerprint density at radius 3 is 2.46 bits per heavy atom. The van der Waals surface area contributed by atoms with Gasteiger partial charge in [0.1, 0.15) is 5.66 Å². The molecule has 0 unspecified atom stereocenters. The third-order valence-corrected chi connectivity index (χ3v) is 4.78. The zero-order valence-corrected chi connectivity index (χ0v) is 14.2. The van der Waals surface area contributed by atoms with Gasteiger partial charge in [-0.25, -0.2) is 9.79 Å². The molecule has 6 N–H and O–H groups in total. The average Bonchev–Trinajstić information content (AvgIpc) is 2.55. The van der Waals surface area contributed by atoms with E-state index in [0.717, 1.165) is 32.1 Å². The number of aromatic carboxylic acids is 1. The van der Waals surface area contributed by atoms with Gasteiger partial charge in [0.15, 0.2) is 0 Å². The van der Waals surface area contributed by atoms with Crippen molar-refractivity contribution in [1.29, 1.82) is 0 Å². The number of rotatable bonds is 4. The van der Waals surface area contributed by atoms with Gasteiger partial charge in [-0.2, -0.15) is 4.99 Å². The lowest BCUT2D eigenvalue weighted by atomic mass is 9.87. The Hall–Kier alpha value is -3.10. The van der Waals surface area contributed by atoms with Crippen LogP contribution in [0, 0.1) is 0 Å². The molecule has 1 saturated carbocycles. The van der Waals surface area contributed by atoms with Crippen molar-refractivity contribution in [2.45, 2.75) is 44.2 Å². The normalized spacial score (nSPS) is 19.0. The number of anilines is 1. The third-order valence-electron chi connectivity index (χ3n) is 4.78. The van der Waals surface area contributed by atoms with E-state index in [4.69, 9.17) is 16.6 Å². The van der Waals surface area contributed by atoms with Crippen LogP contribution in [0.2, 0.25) is 0 Å². The van der Waals surface area contributed by atoms with Crippen molar-refractivity contribution in [3.63, 3.8) is 0 Å². The van der Waals surface area contributed by atoms with E-state index in [9.17, 15) is 14.7 Å². The monoisotopic (exact) mass is 359 g/mol. The molecule has 1 spiro atoms. The number of aliphatic carboxylic acids is 1. The molecule has 1 heterocycles. The molecule has 0 atom stereocenters. The van der Waals surface area contributed by atoms with Gasteiger partial charge in [0.25, 0.3) is 0 Å².